The molecule has 102 valence electrons. The molecule has 0 heterocycles. The first-order chi connectivity index (χ1) is 9.63. The summed E-state index contributed by atoms with van der Waals surface area (Å²) in [7, 11) is 6.32. The smallest absolute Gasteiger partial charge is 0.373 e. The summed E-state index contributed by atoms with van der Waals surface area (Å²) < 4.78 is 11.2. The summed E-state index contributed by atoms with van der Waals surface area (Å²) in [6.45, 7) is 2.65. The molecule has 0 fully saturated rings. The molecule has 20 heavy (non-hydrogen) atoms. The minimum atomic E-state index is -1.83. The number of hydrogen-bond acceptors (Lipinski definition) is 2. The van der Waals surface area contributed by atoms with Crippen LogP contribution in [0.3, 0.4) is 0 Å². The Morgan fingerprint density at radius 1 is 1.00 bits per heavy atom. The van der Waals surface area contributed by atoms with Crippen LogP contribution < -0.4 is 10.0 Å². The summed E-state index contributed by atoms with van der Waals surface area (Å²) >= 11 is 0. The highest BCUT2D eigenvalue weighted by molar-refractivity contribution is 8.02. The van der Waals surface area contributed by atoms with Gasteiger partial charge in [-0.25, -0.2) is 0 Å². The molecule has 0 saturated carbocycles. The predicted molar refractivity (Wildman–Crippen MR) is 87.3 cm³/mol. The fourth-order valence-electron chi connectivity index (χ4n) is 2.05. The van der Waals surface area contributed by atoms with Crippen LogP contribution in [-0.2, 0) is 11.3 Å². The van der Waals surface area contributed by atoms with Crippen molar-refractivity contribution in [2.24, 2.45) is 0 Å². The van der Waals surface area contributed by atoms with Gasteiger partial charge in [-0.05, 0) is 17.7 Å². The van der Waals surface area contributed by atoms with E-state index in [0.717, 1.165) is 16.6 Å². The van der Waals surface area contributed by atoms with Crippen LogP contribution in [0.5, 0.6) is 5.75 Å². The monoisotopic (exact) mass is 285 g/mol. The molecule has 1 atom stereocenters. The number of hydrogen-bond donors (Lipinski definition) is 0. The zero-order valence-corrected chi connectivity index (χ0v) is 12.8. The van der Waals surface area contributed by atoms with Crippen LogP contribution in [0.15, 0.2) is 54.6 Å². The van der Waals surface area contributed by atoms with Gasteiger partial charge in [-0.3, -0.25) is 0 Å². The van der Waals surface area contributed by atoms with Crippen LogP contribution in [0.2, 0.25) is 0 Å². The van der Waals surface area contributed by atoms with Gasteiger partial charge in [-0.1, -0.05) is 42.5 Å². The zero-order valence-electron chi connectivity index (χ0n) is 12.0. The Labute approximate surface area is 122 Å². The number of methoxy groups -OCH3 is 1. The van der Waals surface area contributed by atoms with Crippen LogP contribution >= 0.6 is 7.14 Å². The van der Waals surface area contributed by atoms with Gasteiger partial charge < -0.3 is 9.47 Å². The first-order valence-corrected chi connectivity index (χ1v) is 9.02. The van der Waals surface area contributed by atoms with Crippen LogP contribution in [0.1, 0.15) is 5.56 Å². The van der Waals surface area contributed by atoms with Crippen molar-refractivity contribution in [2.45, 2.75) is 6.61 Å². The van der Waals surface area contributed by atoms with E-state index in [4.69, 9.17) is 17.0 Å². The molecular weight excluding hydrogens is 266 g/mol. The van der Waals surface area contributed by atoms with Crippen molar-refractivity contribution in [3.05, 3.63) is 60.2 Å². The van der Waals surface area contributed by atoms with E-state index in [-0.39, 0.29) is 0 Å². The third-order valence-electron chi connectivity index (χ3n) is 3.11. The molecule has 0 aliphatic carbocycles. The zero-order chi connectivity index (χ0) is 14.4. The third kappa shape index (κ3) is 3.85. The second-order valence-corrected chi connectivity index (χ2v) is 8.18. The minimum absolute atomic E-state index is 0.544. The number of rotatable bonds is 6. The predicted octanol–water partition coefficient (Wildman–Crippen LogP) is 3.23. The summed E-state index contributed by atoms with van der Waals surface area (Å²) in [5.74, 6) is 0.842. The fraction of sp³-hybridized carbons (Fsp3) is 0.250. The van der Waals surface area contributed by atoms with Crippen LogP contribution in [0.4, 0.5) is 0 Å². The highest BCUT2D eigenvalue weighted by atomic mass is 31.2. The number of benzene rings is 2. The van der Waals surface area contributed by atoms with Crippen LogP contribution in [-0.4, -0.2) is 27.7 Å². The van der Waals surface area contributed by atoms with E-state index in [1.165, 1.54) is 0 Å². The summed E-state index contributed by atoms with van der Waals surface area (Å²) in [5.41, 5.74) is 1.16. The molecule has 0 spiro atoms. The van der Waals surface area contributed by atoms with Crippen molar-refractivity contribution in [1.82, 2.24) is 0 Å². The Bertz CT molecular complexity index is 543. The second-order valence-electron chi connectivity index (χ2n) is 4.90. The summed E-state index contributed by atoms with van der Waals surface area (Å²) in [5, 5.41) is 1.07. The Morgan fingerprint density at radius 3 is 2.35 bits per heavy atom. The second kappa shape index (κ2) is 6.92. The molecule has 0 aliphatic rings. The molecule has 0 aliphatic heterocycles. The maximum atomic E-state index is 6.48. The first-order valence-electron chi connectivity index (χ1n) is 6.53. The molecule has 2 aromatic rings. The van der Waals surface area contributed by atoms with Gasteiger partial charge in [0.05, 0.1) is 13.7 Å². The van der Waals surface area contributed by atoms with Crippen LogP contribution in [0, 0.1) is 0 Å². The lowest BCUT2D eigenvalue weighted by Gasteiger charge is -2.20. The fourth-order valence-corrected chi connectivity index (χ4v) is 3.75. The average Bonchev–Trinajstić information content (AvgIpc) is 2.48. The van der Waals surface area contributed by atoms with E-state index in [1.807, 2.05) is 42.5 Å². The van der Waals surface area contributed by atoms with E-state index in [1.54, 1.807) is 7.11 Å². The Hall–Kier alpha value is -1.31. The molecule has 2 nitrogen and oxygen atoms in total. The number of ether oxygens (including phenoxy) is 2. The SMILES string of the molecule is [B][P+](C)(COCc1ccccc1)c1ccccc1OC. The van der Waals surface area contributed by atoms with Gasteiger partial charge in [-0.15, -0.1) is 0 Å². The lowest BCUT2D eigenvalue weighted by atomic mass is 10.2. The van der Waals surface area contributed by atoms with E-state index < -0.39 is 7.14 Å². The highest BCUT2D eigenvalue weighted by Crippen LogP contribution is 2.50. The van der Waals surface area contributed by atoms with Crippen molar-refractivity contribution in [2.75, 3.05) is 20.1 Å². The van der Waals surface area contributed by atoms with E-state index in [2.05, 4.69) is 18.8 Å². The normalized spacial score (nSPS) is 13.7. The molecule has 2 radical (unpaired) electrons. The van der Waals surface area contributed by atoms with E-state index >= 15 is 0 Å². The van der Waals surface area contributed by atoms with Crippen molar-refractivity contribution < 1.29 is 9.47 Å². The lowest BCUT2D eigenvalue weighted by molar-refractivity contribution is 0.166. The molecule has 0 N–H and O–H groups in total. The molecule has 4 heteroatoms. The molecule has 2 aromatic carbocycles. The van der Waals surface area contributed by atoms with Crippen molar-refractivity contribution in [3.63, 3.8) is 0 Å². The average molecular weight is 285 g/mol. The summed E-state index contributed by atoms with van der Waals surface area (Å²) in [6.07, 6.45) is 0.544. The van der Waals surface area contributed by atoms with Gasteiger partial charge in [-0.2, -0.15) is 0 Å². The van der Waals surface area contributed by atoms with Crippen molar-refractivity contribution in [1.29, 1.82) is 0 Å². The van der Waals surface area contributed by atoms with Gasteiger partial charge in [0.25, 0.3) is 0 Å². The van der Waals surface area contributed by atoms with Crippen molar-refractivity contribution in [3.8, 4) is 5.75 Å². The third-order valence-corrected chi connectivity index (χ3v) is 5.30. The van der Waals surface area contributed by atoms with E-state index in [9.17, 15) is 0 Å². The molecule has 0 aromatic heterocycles. The van der Waals surface area contributed by atoms with Gasteiger partial charge in [0.1, 0.15) is 11.7 Å². The maximum absolute atomic E-state index is 6.48. The van der Waals surface area contributed by atoms with Gasteiger partial charge in [0.2, 0.25) is 0 Å². The molecule has 0 bridgehead atoms. The molecule has 2 rings (SSSR count). The molecular formula is C16H19BO2P+. The largest absolute Gasteiger partial charge is 0.493 e. The summed E-state index contributed by atoms with van der Waals surface area (Å²) in [6, 6.07) is 18.0. The molecule has 0 saturated heterocycles. The van der Waals surface area contributed by atoms with Gasteiger partial charge in [0.15, 0.2) is 5.75 Å². The van der Waals surface area contributed by atoms with E-state index in [0.29, 0.717) is 13.0 Å². The summed E-state index contributed by atoms with van der Waals surface area (Å²) in [4.78, 5) is 0. The molecule has 1 unspecified atom stereocenters. The van der Waals surface area contributed by atoms with Gasteiger partial charge >= 0.3 is 7.57 Å². The van der Waals surface area contributed by atoms with Gasteiger partial charge in [0, 0.05) is 13.8 Å². The minimum Gasteiger partial charge on any atom is -0.493 e. The number of para-hydroxylation sites is 1. The topological polar surface area (TPSA) is 18.5 Å². The Balaban J connectivity index is 2.00. The Kier molecular flexibility index (Phi) is 5.22. The first kappa shape index (κ1) is 15.1. The maximum Gasteiger partial charge on any atom is 0.373 e. The standard InChI is InChI=1S/C16H19BO2P/c1-18-15-10-6-7-11-16(15)20(2,17)13-19-12-14-8-4-3-5-9-14/h3-11H,12-13H2,1-2H3/q+1. The highest BCUT2D eigenvalue weighted by Gasteiger charge is 2.32. The molecule has 0 amide bonds. The van der Waals surface area contributed by atoms with Crippen molar-refractivity contribution >= 4 is 20.0 Å². The Morgan fingerprint density at radius 2 is 1.65 bits per heavy atom. The lowest BCUT2D eigenvalue weighted by Crippen LogP contribution is -2.17. The quantitative estimate of drug-likeness (QED) is 0.599. The van der Waals surface area contributed by atoms with Crippen LogP contribution in [0.25, 0.3) is 0 Å².